The molecule has 0 heterocycles. The number of aryl methyl sites for hydroxylation is 1. The maximum Gasteiger partial charge on any atom is 0.344 e. The topological polar surface area (TPSA) is 86.2 Å². The summed E-state index contributed by atoms with van der Waals surface area (Å²) in [5, 5.41) is 4.01. The highest BCUT2D eigenvalue weighted by Gasteiger charge is 2.13. The lowest BCUT2D eigenvalue weighted by molar-refractivity contribution is -0.145. The van der Waals surface area contributed by atoms with Crippen LogP contribution in [0.15, 0.2) is 41.5 Å². The fraction of sp³-hybridized carbons (Fsp3) is 0.250. The molecule has 7 nitrogen and oxygen atoms in total. The van der Waals surface area contributed by atoms with Crippen molar-refractivity contribution in [3.63, 3.8) is 0 Å². The summed E-state index contributed by atoms with van der Waals surface area (Å²) in [4.78, 5) is 23.7. The number of carbonyl (C=O) groups is 2. The van der Waals surface area contributed by atoms with Gasteiger partial charge in [-0.15, -0.1) is 0 Å². The minimum atomic E-state index is -0.454. The first kappa shape index (κ1) is 21.7. The number of hydrogen-bond acceptors (Lipinski definition) is 6. The third kappa shape index (κ3) is 5.95. The molecule has 2 rings (SSSR count). The summed E-state index contributed by atoms with van der Waals surface area (Å²) in [5.74, 6) is 0.149. The number of hydrogen-bond donors (Lipinski definition) is 1. The van der Waals surface area contributed by atoms with Crippen LogP contribution in [0.5, 0.6) is 11.5 Å². The Balaban J connectivity index is 2.09. The van der Waals surface area contributed by atoms with Crippen molar-refractivity contribution in [2.24, 2.45) is 5.10 Å². The van der Waals surface area contributed by atoms with Gasteiger partial charge in [0.25, 0.3) is 5.91 Å². The van der Waals surface area contributed by atoms with Crippen molar-refractivity contribution in [2.75, 3.05) is 20.3 Å². The first-order valence-corrected chi connectivity index (χ1v) is 9.59. The Morgan fingerprint density at radius 2 is 2.00 bits per heavy atom. The van der Waals surface area contributed by atoms with Crippen molar-refractivity contribution >= 4 is 40.7 Å². The number of nitrogens with zero attached hydrogens (tertiary/aromatic N) is 1. The third-order valence-electron chi connectivity index (χ3n) is 3.66. The fourth-order valence-electron chi connectivity index (χ4n) is 2.34. The SMILES string of the molecule is CCOC(=O)COc1c(I)cc(/C=N/NC(=O)c2ccccc2C)cc1OC. The second-order valence-electron chi connectivity index (χ2n) is 5.64. The van der Waals surface area contributed by atoms with Gasteiger partial charge in [-0.2, -0.15) is 5.10 Å². The summed E-state index contributed by atoms with van der Waals surface area (Å²) in [7, 11) is 1.50. The molecule has 0 saturated heterocycles. The summed E-state index contributed by atoms with van der Waals surface area (Å²) in [6, 6.07) is 10.8. The Morgan fingerprint density at radius 1 is 1.25 bits per heavy atom. The van der Waals surface area contributed by atoms with E-state index in [0.717, 1.165) is 9.13 Å². The van der Waals surface area contributed by atoms with E-state index in [1.54, 1.807) is 31.2 Å². The van der Waals surface area contributed by atoms with Crippen LogP contribution in [0, 0.1) is 10.5 Å². The molecule has 8 heteroatoms. The molecule has 1 amide bonds. The summed E-state index contributed by atoms with van der Waals surface area (Å²) in [6.07, 6.45) is 1.51. The van der Waals surface area contributed by atoms with E-state index in [1.807, 2.05) is 19.1 Å². The zero-order valence-electron chi connectivity index (χ0n) is 15.8. The molecule has 0 bridgehead atoms. The number of methoxy groups -OCH3 is 1. The molecular weight excluding hydrogens is 475 g/mol. The molecule has 28 heavy (non-hydrogen) atoms. The molecular formula is C20H21IN2O5. The van der Waals surface area contributed by atoms with E-state index in [-0.39, 0.29) is 12.5 Å². The largest absolute Gasteiger partial charge is 0.493 e. The number of halogens is 1. The molecule has 0 radical (unpaired) electrons. The average molecular weight is 496 g/mol. The first-order valence-electron chi connectivity index (χ1n) is 8.51. The van der Waals surface area contributed by atoms with Crippen LogP contribution in [-0.4, -0.2) is 38.4 Å². The maximum atomic E-state index is 12.2. The molecule has 0 atom stereocenters. The van der Waals surface area contributed by atoms with Gasteiger partial charge in [0.05, 0.1) is 23.5 Å². The number of esters is 1. The quantitative estimate of drug-likeness (QED) is 0.262. The second-order valence-corrected chi connectivity index (χ2v) is 6.80. The van der Waals surface area contributed by atoms with Crippen LogP contribution in [-0.2, 0) is 9.53 Å². The lowest BCUT2D eigenvalue weighted by Gasteiger charge is -2.13. The van der Waals surface area contributed by atoms with Gasteiger partial charge in [-0.25, -0.2) is 10.2 Å². The molecule has 0 saturated carbocycles. The van der Waals surface area contributed by atoms with Gasteiger partial charge in [0.15, 0.2) is 18.1 Å². The van der Waals surface area contributed by atoms with Crippen molar-refractivity contribution in [2.45, 2.75) is 13.8 Å². The van der Waals surface area contributed by atoms with Crippen LogP contribution < -0.4 is 14.9 Å². The Morgan fingerprint density at radius 3 is 2.68 bits per heavy atom. The van der Waals surface area contributed by atoms with Crippen molar-refractivity contribution in [1.29, 1.82) is 0 Å². The van der Waals surface area contributed by atoms with Crippen molar-refractivity contribution in [1.82, 2.24) is 5.43 Å². The summed E-state index contributed by atoms with van der Waals surface area (Å²) in [5.41, 5.74) is 4.65. The van der Waals surface area contributed by atoms with Gasteiger partial charge in [-0.1, -0.05) is 18.2 Å². The van der Waals surface area contributed by atoms with E-state index in [0.29, 0.717) is 29.2 Å². The van der Waals surface area contributed by atoms with Crippen LogP contribution in [0.25, 0.3) is 0 Å². The number of ether oxygens (including phenoxy) is 3. The summed E-state index contributed by atoms with van der Waals surface area (Å²) < 4.78 is 16.4. The van der Waals surface area contributed by atoms with Gasteiger partial charge in [-0.3, -0.25) is 4.79 Å². The smallest absolute Gasteiger partial charge is 0.344 e. The Kier molecular flexibility index (Phi) is 8.24. The molecule has 0 aliphatic heterocycles. The maximum absolute atomic E-state index is 12.2. The van der Waals surface area contributed by atoms with Gasteiger partial charge in [0, 0.05) is 5.56 Å². The molecule has 2 aromatic carbocycles. The zero-order valence-corrected chi connectivity index (χ0v) is 18.0. The van der Waals surface area contributed by atoms with Crippen LogP contribution in [0.1, 0.15) is 28.4 Å². The van der Waals surface area contributed by atoms with Gasteiger partial charge in [-0.05, 0) is 65.8 Å². The van der Waals surface area contributed by atoms with Crippen LogP contribution in [0.2, 0.25) is 0 Å². The lowest BCUT2D eigenvalue weighted by Crippen LogP contribution is -2.18. The Labute approximate surface area is 177 Å². The highest BCUT2D eigenvalue weighted by Crippen LogP contribution is 2.33. The predicted molar refractivity (Wildman–Crippen MR) is 114 cm³/mol. The van der Waals surface area contributed by atoms with E-state index in [1.165, 1.54) is 13.3 Å². The number of hydrazone groups is 1. The third-order valence-corrected chi connectivity index (χ3v) is 4.46. The van der Waals surface area contributed by atoms with Gasteiger partial charge < -0.3 is 14.2 Å². The second kappa shape index (κ2) is 10.6. The molecule has 0 fully saturated rings. The van der Waals surface area contributed by atoms with Crippen molar-refractivity contribution < 1.29 is 23.8 Å². The van der Waals surface area contributed by atoms with Crippen LogP contribution >= 0.6 is 22.6 Å². The normalized spacial score (nSPS) is 10.6. The highest BCUT2D eigenvalue weighted by atomic mass is 127. The molecule has 0 spiro atoms. The number of nitrogens with one attached hydrogen (secondary N) is 1. The summed E-state index contributed by atoms with van der Waals surface area (Å²) in [6.45, 7) is 3.68. The lowest BCUT2D eigenvalue weighted by atomic mass is 10.1. The number of carbonyl (C=O) groups excluding carboxylic acids is 2. The van der Waals surface area contributed by atoms with Crippen molar-refractivity contribution in [3.05, 3.63) is 56.7 Å². The Bertz CT molecular complexity index is 883. The molecule has 0 aliphatic carbocycles. The predicted octanol–water partition coefficient (Wildman–Crippen LogP) is 3.31. The molecule has 1 N–H and O–H groups in total. The average Bonchev–Trinajstić information content (AvgIpc) is 2.67. The van der Waals surface area contributed by atoms with Crippen molar-refractivity contribution in [3.8, 4) is 11.5 Å². The molecule has 0 aliphatic rings. The summed E-state index contributed by atoms with van der Waals surface area (Å²) >= 11 is 2.08. The Hall–Kier alpha value is -2.62. The first-order chi connectivity index (χ1) is 13.5. The van der Waals surface area contributed by atoms with E-state index >= 15 is 0 Å². The van der Waals surface area contributed by atoms with Gasteiger partial charge >= 0.3 is 5.97 Å². The minimum Gasteiger partial charge on any atom is -0.493 e. The standard InChI is InChI=1S/C20H21IN2O5/c1-4-27-18(24)12-28-19-16(21)9-14(10-17(19)26-3)11-22-23-20(25)15-8-6-5-7-13(15)2/h5-11H,4,12H2,1-3H3,(H,23,25)/b22-11+. The van der Waals surface area contributed by atoms with Gasteiger partial charge in [0.1, 0.15) is 0 Å². The molecule has 148 valence electrons. The van der Waals surface area contributed by atoms with Crippen LogP contribution in [0.3, 0.4) is 0 Å². The number of rotatable bonds is 8. The van der Waals surface area contributed by atoms with E-state index in [2.05, 4.69) is 33.1 Å². The molecule has 2 aromatic rings. The fourth-order valence-corrected chi connectivity index (χ4v) is 3.12. The van der Waals surface area contributed by atoms with Crippen LogP contribution in [0.4, 0.5) is 0 Å². The van der Waals surface area contributed by atoms with Gasteiger partial charge in [0.2, 0.25) is 0 Å². The number of amides is 1. The molecule has 0 aromatic heterocycles. The zero-order chi connectivity index (χ0) is 20.5. The highest BCUT2D eigenvalue weighted by molar-refractivity contribution is 14.1. The van der Waals surface area contributed by atoms with E-state index in [9.17, 15) is 9.59 Å². The minimum absolute atomic E-state index is 0.208. The van der Waals surface area contributed by atoms with E-state index < -0.39 is 5.97 Å². The monoisotopic (exact) mass is 496 g/mol. The molecule has 0 unspecified atom stereocenters. The number of benzene rings is 2. The van der Waals surface area contributed by atoms with E-state index in [4.69, 9.17) is 14.2 Å².